The van der Waals surface area contributed by atoms with Crippen molar-refractivity contribution in [3.05, 3.63) is 58.1 Å². The van der Waals surface area contributed by atoms with Gasteiger partial charge >= 0.3 is 5.97 Å². The van der Waals surface area contributed by atoms with Gasteiger partial charge in [-0.05, 0) is 92.1 Å². The number of aryl methyl sites for hydroxylation is 3. The van der Waals surface area contributed by atoms with Crippen LogP contribution in [0.1, 0.15) is 42.9 Å². The summed E-state index contributed by atoms with van der Waals surface area (Å²) in [5.41, 5.74) is 2.78. The van der Waals surface area contributed by atoms with Crippen LogP contribution in [0.3, 0.4) is 0 Å². The minimum absolute atomic E-state index is 0.0791. The first-order chi connectivity index (χ1) is 16.6. The summed E-state index contributed by atoms with van der Waals surface area (Å²) in [5.74, 6) is 0.0124. The second kappa shape index (κ2) is 12.2. The molecule has 0 bridgehead atoms. The summed E-state index contributed by atoms with van der Waals surface area (Å²) in [6.07, 6.45) is 1.96. The van der Waals surface area contributed by atoms with Crippen LogP contribution in [0.5, 0.6) is 5.75 Å². The van der Waals surface area contributed by atoms with Crippen LogP contribution in [0.25, 0.3) is 10.1 Å². The fraction of sp³-hybridized carbons (Fsp3) is 0.423. The van der Waals surface area contributed by atoms with E-state index in [-0.39, 0.29) is 18.2 Å². The lowest BCUT2D eigenvalue weighted by molar-refractivity contribution is -0.136. The van der Waals surface area contributed by atoms with Crippen LogP contribution in [-0.4, -0.2) is 44.4 Å². The van der Waals surface area contributed by atoms with Crippen LogP contribution < -0.4 is 10.1 Å². The number of carboxylic acid groups (broad SMARTS) is 1. The highest BCUT2D eigenvalue weighted by molar-refractivity contribution is 7.93. The molecule has 3 aromatic rings. The predicted molar refractivity (Wildman–Crippen MR) is 143 cm³/mol. The van der Waals surface area contributed by atoms with Crippen molar-refractivity contribution in [1.29, 1.82) is 0 Å². The molecule has 9 heteroatoms. The third-order valence-electron chi connectivity index (χ3n) is 6.03. The average Bonchev–Trinajstić information content (AvgIpc) is 3.14. The first-order valence-corrected chi connectivity index (χ1v) is 14.5. The maximum atomic E-state index is 13.0. The number of fused-ring (bicyclic) bond motifs is 1. The van der Waals surface area contributed by atoms with Gasteiger partial charge in [0.1, 0.15) is 16.6 Å². The van der Waals surface area contributed by atoms with Crippen LogP contribution in [0.2, 0.25) is 5.02 Å². The highest BCUT2D eigenvalue weighted by atomic mass is 35.5. The molecule has 0 aliphatic carbocycles. The van der Waals surface area contributed by atoms with Crippen molar-refractivity contribution in [2.75, 3.05) is 18.9 Å². The van der Waals surface area contributed by atoms with Crippen LogP contribution in [0.15, 0.2) is 40.6 Å². The van der Waals surface area contributed by atoms with E-state index in [1.165, 1.54) is 11.3 Å². The van der Waals surface area contributed by atoms with Crippen LogP contribution in [0.4, 0.5) is 0 Å². The number of thiophene rings is 1. The number of benzene rings is 2. The van der Waals surface area contributed by atoms with Crippen LogP contribution in [0, 0.1) is 13.8 Å². The lowest BCUT2D eigenvalue weighted by Gasteiger charge is -2.18. The molecule has 0 fully saturated rings. The van der Waals surface area contributed by atoms with E-state index < -0.39 is 15.8 Å². The maximum absolute atomic E-state index is 13.0. The fourth-order valence-corrected chi connectivity index (χ4v) is 7.33. The Labute approximate surface area is 216 Å². The Morgan fingerprint density at radius 3 is 2.66 bits per heavy atom. The molecule has 0 aliphatic heterocycles. The molecule has 0 saturated carbocycles. The number of hydrogen-bond donors (Lipinski definition) is 2. The van der Waals surface area contributed by atoms with Gasteiger partial charge < -0.3 is 15.2 Å². The zero-order valence-electron chi connectivity index (χ0n) is 20.3. The van der Waals surface area contributed by atoms with Crippen molar-refractivity contribution in [3.8, 4) is 5.75 Å². The number of carboxylic acids is 1. The number of nitrogens with one attached hydrogen (secondary N) is 1. The van der Waals surface area contributed by atoms with Crippen molar-refractivity contribution in [1.82, 2.24) is 5.32 Å². The smallest absolute Gasteiger partial charge is 0.303 e. The molecule has 2 aromatic carbocycles. The fourth-order valence-electron chi connectivity index (χ4n) is 3.93. The van der Waals surface area contributed by atoms with Crippen molar-refractivity contribution in [2.24, 2.45) is 0 Å². The molecule has 190 valence electrons. The molecular weight excluding hydrogens is 506 g/mol. The van der Waals surface area contributed by atoms with E-state index in [4.69, 9.17) is 21.4 Å². The second-order valence-electron chi connectivity index (χ2n) is 8.68. The molecule has 1 atom stereocenters. The van der Waals surface area contributed by atoms with Gasteiger partial charge in [0.25, 0.3) is 0 Å². The topological polar surface area (TPSA) is 92.7 Å². The highest BCUT2D eigenvalue weighted by Gasteiger charge is 2.22. The predicted octanol–water partition coefficient (Wildman–Crippen LogP) is 5.80. The molecular formula is C26H32ClNO5S2. The molecule has 35 heavy (non-hydrogen) atoms. The Balaban J connectivity index is 1.49. The molecule has 0 aliphatic rings. The Morgan fingerprint density at radius 2 is 1.97 bits per heavy atom. The average molecular weight is 538 g/mol. The summed E-state index contributed by atoms with van der Waals surface area (Å²) in [4.78, 5) is 10.8. The van der Waals surface area contributed by atoms with E-state index in [1.807, 2.05) is 44.2 Å². The largest absolute Gasteiger partial charge is 0.492 e. The summed E-state index contributed by atoms with van der Waals surface area (Å²) in [5, 5.41) is 13.8. The van der Waals surface area contributed by atoms with Crippen molar-refractivity contribution >= 4 is 48.8 Å². The van der Waals surface area contributed by atoms with Crippen LogP contribution >= 0.6 is 22.9 Å². The van der Waals surface area contributed by atoms with Gasteiger partial charge in [-0.15, -0.1) is 11.3 Å². The van der Waals surface area contributed by atoms with Gasteiger partial charge in [-0.3, -0.25) is 4.79 Å². The molecule has 0 spiro atoms. The normalized spacial score (nSPS) is 12.7. The van der Waals surface area contributed by atoms with Gasteiger partial charge in [0.05, 0.1) is 5.75 Å². The number of hydrogen-bond acceptors (Lipinski definition) is 6. The third kappa shape index (κ3) is 7.43. The lowest BCUT2D eigenvalue weighted by Crippen LogP contribution is -2.35. The summed E-state index contributed by atoms with van der Waals surface area (Å²) < 4.78 is 33.2. The van der Waals surface area contributed by atoms with Gasteiger partial charge in [0, 0.05) is 22.2 Å². The zero-order valence-corrected chi connectivity index (χ0v) is 22.7. The van der Waals surface area contributed by atoms with Gasteiger partial charge in [0.2, 0.25) is 0 Å². The molecule has 0 amide bonds. The minimum Gasteiger partial charge on any atom is -0.492 e. The Hall–Kier alpha value is -2.13. The number of halogens is 1. The molecule has 2 N–H and O–H groups in total. The SMILES string of the molecule is CCC(COc1ccc(CCC(=O)O)c(C)c1)NCCCS(=O)(=O)c1sc2ccc(Cl)cc2c1C. The van der Waals surface area contributed by atoms with E-state index in [1.54, 1.807) is 6.07 Å². The lowest BCUT2D eigenvalue weighted by atomic mass is 10.0. The molecule has 0 radical (unpaired) electrons. The van der Waals surface area contributed by atoms with Crippen molar-refractivity contribution < 1.29 is 23.1 Å². The standard InChI is InChI=1S/C26H32ClNO5S2/c1-4-21(16-33-22-9-6-19(17(2)14-22)7-11-25(29)30)28-12-5-13-35(31,32)26-18(3)23-15-20(27)8-10-24(23)34-26/h6,8-10,14-15,21,28H,4-5,7,11-13,16H2,1-3H3,(H,29,30). The molecule has 0 saturated heterocycles. The third-order valence-corrected chi connectivity index (χ3v) is 10.0. The molecule has 1 heterocycles. The van der Waals surface area contributed by atoms with E-state index in [2.05, 4.69) is 12.2 Å². The molecule has 1 aromatic heterocycles. The quantitative estimate of drug-likeness (QED) is 0.268. The maximum Gasteiger partial charge on any atom is 0.303 e. The first kappa shape index (κ1) is 27.5. The van der Waals surface area contributed by atoms with Gasteiger partial charge in [0.15, 0.2) is 9.84 Å². The van der Waals surface area contributed by atoms with E-state index >= 15 is 0 Å². The Kier molecular flexibility index (Phi) is 9.58. The van der Waals surface area contributed by atoms with E-state index in [0.29, 0.717) is 35.2 Å². The summed E-state index contributed by atoms with van der Waals surface area (Å²) >= 11 is 7.38. The monoisotopic (exact) mass is 537 g/mol. The van der Waals surface area contributed by atoms with Gasteiger partial charge in [-0.1, -0.05) is 24.6 Å². The van der Waals surface area contributed by atoms with E-state index in [0.717, 1.165) is 38.9 Å². The molecule has 3 rings (SSSR count). The number of carbonyl (C=O) groups is 1. The van der Waals surface area contributed by atoms with Crippen LogP contribution in [-0.2, 0) is 21.1 Å². The van der Waals surface area contributed by atoms with Gasteiger partial charge in [-0.25, -0.2) is 8.42 Å². The molecule has 6 nitrogen and oxygen atoms in total. The second-order valence-corrected chi connectivity index (χ2v) is 12.5. The Morgan fingerprint density at radius 1 is 1.20 bits per heavy atom. The summed E-state index contributed by atoms with van der Waals surface area (Å²) in [6, 6.07) is 11.3. The van der Waals surface area contributed by atoms with Gasteiger partial charge in [-0.2, -0.15) is 0 Å². The molecule has 1 unspecified atom stereocenters. The van der Waals surface area contributed by atoms with Crippen molar-refractivity contribution in [2.45, 2.75) is 56.7 Å². The van der Waals surface area contributed by atoms with Crippen molar-refractivity contribution in [3.63, 3.8) is 0 Å². The summed E-state index contributed by atoms with van der Waals surface area (Å²) in [6.45, 7) is 6.89. The number of sulfone groups is 1. The number of rotatable bonds is 13. The highest BCUT2D eigenvalue weighted by Crippen LogP contribution is 2.36. The number of aliphatic carboxylic acids is 1. The first-order valence-electron chi connectivity index (χ1n) is 11.7. The minimum atomic E-state index is -3.38. The summed E-state index contributed by atoms with van der Waals surface area (Å²) in [7, 11) is -3.38. The number of ether oxygens (including phenoxy) is 1. The zero-order chi connectivity index (χ0) is 25.6. The van der Waals surface area contributed by atoms with E-state index in [9.17, 15) is 13.2 Å². The Bertz CT molecular complexity index is 1290.